The van der Waals surface area contributed by atoms with Gasteiger partial charge in [-0.15, -0.1) is 0 Å². The van der Waals surface area contributed by atoms with Crippen LogP contribution in [0.5, 0.6) is 0 Å². The fraction of sp³-hybridized carbons (Fsp3) is 0.500. The Morgan fingerprint density at radius 3 is 2.72 bits per heavy atom. The first-order chi connectivity index (χ1) is 8.68. The topological polar surface area (TPSA) is 63.3 Å². The summed E-state index contributed by atoms with van der Waals surface area (Å²) in [5, 5.41) is 9.88. The Morgan fingerprint density at radius 2 is 2.06 bits per heavy atom. The van der Waals surface area contributed by atoms with E-state index in [0.29, 0.717) is 10.9 Å². The molecule has 1 aromatic carbocycles. The monoisotopic (exact) mass is 265 g/mol. The van der Waals surface area contributed by atoms with Crippen molar-refractivity contribution >= 4 is 23.4 Å². The lowest BCUT2D eigenvalue weighted by molar-refractivity contribution is 0.0697. The van der Waals surface area contributed by atoms with Gasteiger partial charge in [0.2, 0.25) is 0 Å². The molecule has 0 unspecified atom stereocenters. The summed E-state index contributed by atoms with van der Waals surface area (Å²) >= 11 is 1.87. The van der Waals surface area contributed by atoms with Crippen molar-refractivity contribution in [1.82, 2.24) is 0 Å². The SMILES string of the molecule is Nc1cccc(CSC2CCCCC2)c1C(=O)O. The number of hydrogen-bond acceptors (Lipinski definition) is 3. The Morgan fingerprint density at radius 1 is 1.33 bits per heavy atom. The highest BCUT2D eigenvalue weighted by molar-refractivity contribution is 7.99. The van der Waals surface area contributed by atoms with Gasteiger partial charge in [0.1, 0.15) is 0 Å². The molecule has 0 amide bonds. The van der Waals surface area contributed by atoms with Gasteiger partial charge in [-0.05, 0) is 24.5 Å². The number of carboxylic acid groups (broad SMARTS) is 1. The second kappa shape index (κ2) is 6.14. The number of nitrogen functional groups attached to an aromatic ring is 1. The third-order valence-electron chi connectivity index (χ3n) is 3.42. The molecule has 1 saturated carbocycles. The molecule has 1 aliphatic rings. The summed E-state index contributed by atoms with van der Waals surface area (Å²) in [7, 11) is 0. The Balaban J connectivity index is 2.04. The molecule has 18 heavy (non-hydrogen) atoms. The normalized spacial score (nSPS) is 16.7. The van der Waals surface area contributed by atoms with E-state index in [4.69, 9.17) is 5.73 Å². The number of carboxylic acids is 1. The minimum absolute atomic E-state index is 0.279. The number of hydrogen-bond donors (Lipinski definition) is 2. The number of thioether (sulfide) groups is 1. The molecule has 0 spiro atoms. The number of benzene rings is 1. The summed E-state index contributed by atoms with van der Waals surface area (Å²) in [6, 6.07) is 5.35. The first kappa shape index (κ1) is 13.3. The lowest BCUT2D eigenvalue weighted by atomic mass is 10.0. The highest BCUT2D eigenvalue weighted by atomic mass is 32.2. The van der Waals surface area contributed by atoms with Crippen molar-refractivity contribution < 1.29 is 9.90 Å². The molecule has 1 aliphatic carbocycles. The van der Waals surface area contributed by atoms with Gasteiger partial charge in [-0.2, -0.15) is 11.8 Å². The van der Waals surface area contributed by atoms with E-state index in [0.717, 1.165) is 11.3 Å². The van der Waals surface area contributed by atoms with E-state index in [-0.39, 0.29) is 5.56 Å². The van der Waals surface area contributed by atoms with Crippen LogP contribution in [0.4, 0.5) is 5.69 Å². The van der Waals surface area contributed by atoms with Gasteiger partial charge >= 0.3 is 5.97 Å². The van der Waals surface area contributed by atoms with Gasteiger partial charge in [-0.25, -0.2) is 4.79 Å². The van der Waals surface area contributed by atoms with Crippen LogP contribution in [0, 0.1) is 0 Å². The molecule has 0 atom stereocenters. The van der Waals surface area contributed by atoms with E-state index in [1.54, 1.807) is 6.07 Å². The maximum Gasteiger partial charge on any atom is 0.338 e. The molecule has 3 N–H and O–H groups in total. The molecule has 0 heterocycles. The summed E-state index contributed by atoms with van der Waals surface area (Å²) in [6.45, 7) is 0. The van der Waals surface area contributed by atoms with Crippen molar-refractivity contribution in [2.75, 3.05) is 5.73 Å². The maximum atomic E-state index is 11.2. The quantitative estimate of drug-likeness (QED) is 0.817. The van der Waals surface area contributed by atoms with Gasteiger partial charge < -0.3 is 10.8 Å². The zero-order valence-electron chi connectivity index (χ0n) is 10.4. The van der Waals surface area contributed by atoms with E-state index in [1.807, 2.05) is 23.9 Å². The Hall–Kier alpha value is -1.16. The lowest BCUT2D eigenvalue weighted by Gasteiger charge is -2.21. The molecular formula is C14H19NO2S. The van der Waals surface area contributed by atoms with Crippen LogP contribution in [-0.4, -0.2) is 16.3 Å². The van der Waals surface area contributed by atoms with E-state index >= 15 is 0 Å². The number of aromatic carboxylic acids is 1. The number of carbonyl (C=O) groups is 1. The van der Waals surface area contributed by atoms with E-state index < -0.39 is 5.97 Å². The summed E-state index contributed by atoms with van der Waals surface area (Å²) in [6.07, 6.45) is 6.47. The van der Waals surface area contributed by atoms with Gasteiger partial charge in [0, 0.05) is 16.7 Å². The zero-order valence-corrected chi connectivity index (χ0v) is 11.2. The predicted molar refractivity (Wildman–Crippen MR) is 76.0 cm³/mol. The van der Waals surface area contributed by atoms with E-state index in [1.165, 1.54) is 32.1 Å². The summed E-state index contributed by atoms with van der Waals surface area (Å²) < 4.78 is 0. The van der Waals surface area contributed by atoms with E-state index in [2.05, 4.69) is 0 Å². The van der Waals surface area contributed by atoms with Gasteiger partial charge in [0.15, 0.2) is 0 Å². The minimum atomic E-state index is -0.924. The number of anilines is 1. The van der Waals surface area contributed by atoms with Crippen molar-refractivity contribution in [2.24, 2.45) is 0 Å². The van der Waals surface area contributed by atoms with Crippen molar-refractivity contribution in [2.45, 2.75) is 43.1 Å². The largest absolute Gasteiger partial charge is 0.478 e. The van der Waals surface area contributed by atoms with Crippen molar-refractivity contribution in [3.8, 4) is 0 Å². The van der Waals surface area contributed by atoms with Crippen molar-refractivity contribution in [1.29, 1.82) is 0 Å². The minimum Gasteiger partial charge on any atom is -0.478 e. The molecule has 0 radical (unpaired) electrons. The van der Waals surface area contributed by atoms with Crippen LogP contribution in [0.1, 0.15) is 48.0 Å². The van der Waals surface area contributed by atoms with Gasteiger partial charge in [-0.1, -0.05) is 31.4 Å². The molecule has 0 bridgehead atoms. The highest BCUT2D eigenvalue weighted by Crippen LogP contribution is 2.32. The molecule has 0 saturated heterocycles. The average Bonchev–Trinajstić information content (AvgIpc) is 2.37. The van der Waals surface area contributed by atoms with Gasteiger partial charge in [0.05, 0.1) is 5.56 Å². The molecular weight excluding hydrogens is 246 g/mol. The summed E-state index contributed by atoms with van der Waals surface area (Å²) in [5.41, 5.74) is 7.23. The van der Waals surface area contributed by atoms with Crippen LogP contribution in [0.15, 0.2) is 18.2 Å². The molecule has 2 rings (SSSR count). The van der Waals surface area contributed by atoms with Gasteiger partial charge in [-0.3, -0.25) is 0 Å². The van der Waals surface area contributed by atoms with Crippen LogP contribution in [0.2, 0.25) is 0 Å². The van der Waals surface area contributed by atoms with Crippen LogP contribution >= 0.6 is 11.8 Å². The fourth-order valence-electron chi connectivity index (χ4n) is 2.44. The van der Waals surface area contributed by atoms with Crippen LogP contribution in [0.25, 0.3) is 0 Å². The van der Waals surface area contributed by atoms with Crippen LogP contribution in [0.3, 0.4) is 0 Å². The molecule has 4 heteroatoms. The second-order valence-corrected chi connectivity index (χ2v) is 6.05. The maximum absolute atomic E-state index is 11.2. The first-order valence-electron chi connectivity index (χ1n) is 6.40. The van der Waals surface area contributed by atoms with Crippen LogP contribution < -0.4 is 5.73 Å². The lowest BCUT2D eigenvalue weighted by Crippen LogP contribution is -2.10. The van der Waals surface area contributed by atoms with Gasteiger partial charge in [0.25, 0.3) is 0 Å². The standard InChI is InChI=1S/C14H19NO2S/c15-12-8-4-5-10(13(12)14(16)17)9-18-11-6-2-1-3-7-11/h4-5,8,11H,1-3,6-7,9,15H2,(H,16,17). The fourth-order valence-corrected chi connectivity index (χ4v) is 3.76. The molecule has 0 aliphatic heterocycles. The molecule has 0 aromatic heterocycles. The first-order valence-corrected chi connectivity index (χ1v) is 7.45. The van der Waals surface area contributed by atoms with Crippen molar-refractivity contribution in [3.63, 3.8) is 0 Å². The molecule has 98 valence electrons. The second-order valence-electron chi connectivity index (χ2n) is 4.76. The third kappa shape index (κ3) is 3.19. The Bertz CT molecular complexity index is 428. The highest BCUT2D eigenvalue weighted by Gasteiger charge is 2.17. The Kier molecular flexibility index (Phi) is 4.53. The summed E-state index contributed by atoms with van der Waals surface area (Å²) in [4.78, 5) is 11.2. The predicted octanol–water partition coefficient (Wildman–Crippen LogP) is 3.53. The number of rotatable bonds is 4. The van der Waals surface area contributed by atoms with Crippen molar-refractivity contribution in [3.05, 3.63) is 29.3 Å². The summed E-state index contributed by atoms with van der Waals surface area (Å²) in [5.74, 6) is -0.176. The molecule has 1 aromatic rings. The molecule has 3 nitrogen and oxygen atoms in total. The molecule has 1 fully saturated rings. The zero-order chi connectivity index (χ0) is 13.0. The van der Waals surface area contributed by atoms with Crippen LogP contribution in [-0.2, 0) is 5.75 Å². The average molecular weight is 265 g/mol. The smallest absolute Gasteiger partial charge is 0.338 e. The Labute approximate surface area is 112 Å². The number of nitrogens with two attached hydrogens (primary N) is 1. The third-order valence-corrected chi connectivity index (χ3v) is 4.84. The van der Waals surface area contributed by atoms with E-state index in [9.17, 15) is 9.90 Å².